The molecule has 2 N–H and O–H groups in total. The van der Waals surface area contributed by atoms with E-state index < -0.39 is 18.5 Å². The van der Waals surface area contributed by atoms with Crippen molar-refractivity contribution < 1.29 is 28.6 Å². The molecule has 1 heterocycles. The molecule has 0 bridgehead atoms. The molecule has 10 heteroatoms. The summed E-state index contributed by atoms with van der Waals surface area (Å²) in [5, 5.41) is 14.0. The fraction of sp³-hybridized carbons (Fsp3) is 0.150. The molecule has 0 aliphatic heterocycles. The number of hydrogen-bond acceptors (Lipinski definition) is 6. The molecule has 30 heavy (non-hydrogen) atoms. The molecule has 2 aromatic carbocycles. The lowest BCUT2D eigenvalue weighted by atomic mass is 10.2. The number of furan rings is 1. The van der Waals surface area contributed by atoms with E-state index >= 15 is 0 Å². The number of carbonyl (C=O) groups excluding carboxylic acids is 1. The van der Waals surface area contributed by atoms with Crippen LogP contribution >= 0.6 is 27.5 Å². The lowest BCUT2D eigenvalue weighted by Gasteiger charge is -2.12. The summed E-state index contributed by atoms with van der Waals surface area (Å²) in [5.41, 5.74) is 3.51. The molecule has 0 aliphatic rings. The highest BCUT2D eigenvalue weighted by Crippen LogP contribution is 2.33. The fourth-order valence-corrected chi connectivity index (χ4v) is 3.12. The molecule has 0 radical (unpaired) electrons. The zero-order valence-corrected chi connectivity index (χ0v) is 18.0. The van der Waals surface area contributed by atoms with Crippen molar-refractivity contribution in [3.05, 3.63) is 57.2 Å². The lowest BCUT2D eigenvalue weighted by Crippen LogP contribution is -2.16. The van der Waals surface area contributed by atoms with Crippen LogP contribution in [0.15, 0.2) is 50.4 Å². The molecule has 0 saturated heterocycles. The first kappa shape index (κ1) is 21.7. The number of rotatable bonds is 8. The van der Waals surface area contributed by atoms with Crippen molar-refractivity contribution in [3.63, 3.8) is 0 Å². The molecule has 0 spiro atoms. The maximum atomic E-state index is 12.3. The van der Waals surface area contributed by atoms with Crippen molar-refractivity contribution in [1.82, 2.24) is 5.43 Å². The van der Waals surface area contributed by atoms with Crippen LogP contribution in [0, 0.1) is 0 Å². The molecule has 0 saturated carbocycles. The highest BCUT2D eigenvalue weighted by Gasteiger charge is 2.13. The van der Waals surface area contributed by atoms with E-state index in [9.17, 15) is 9.59 Å². The normalized spacial score (nSPS) is 11.0. The summed E-state index contributed by atoms with van der Waals surface area (Å²) in [6, 6.07) is 9.80. The number of hydrogen-bond donors (Lipinski definition) is 2. The number of hydrazone groups is 1. The lowest BCUT2D eigenvalue weighted by molar-refractivity contribution is -0.139. The second kappa shape index (κ2) is 9.64. The first-order valence-corrected chi connectivity index (χ1v) is 9.88. The van der Waals surface area contributed by atoms with Crippen molar-refractivity contribution in [2.75, 3.05) is 13.2 Å². The second-order valence-corrected chi connectivity index (χ2v) is 7.22. The molecule has 0 unspecified atom stereocenters. The quantitative estimate of drug-likeness (QED) is 0.352. The van der Waals surface area contributed by atoms with E-state index in [0.717, 1.165) is 0 Å². The van der Waals surface area contributed by atoms with Crippen molar-refractivity contribution in [2.24, 2.45) is 5.10 Å². The Labute approximate surface area is 184 Å². The Balaban J connectivity index is 1.74. The van der Waals surface area contributed by atoms with Crippen molar-refractivity contribution >= 4 is 56.6 Å². The molecule has 0 aliphatic carbocycles. The molecule has 3 rings (SSSR count). The van der Waals surface area contributed by atoms with E-state index in [2.05, 4.69) is 26.5 Å². The largest absolute Gasteiger partial charge is 0.490 e. The molecular weight excluding hydrogens is 480 g/mol. The molecule has 0 fully saturated rings. The van der Waals surface area contributed by atoms with Crippen LogP contribution in [0.2, 0.25) is 5.02 Å². The van der Waals surface area contributed by atoms with Crippen LogP contribution in [0.5, 0.6) is 11.5 Å². The molecule has 156 valence electrons. The number of fused-ring (bicyclic) bond motifs is 1. The summed E-state index contributed by atoms with van der Waals surface area (Å²) in [4.78, 5) is 23.0. The Morgan fingerprint density at radius 2 is 2.00 bits per heavy atom. The maximum Gasteiger partial charge on any atom is 0.341 e. The van der Waals surface area contributed by atoms with Gasteiger partial charge in [-0.2, -0.15) is 5.10 Å². The molecule has 0 atom stereocenters. The van der Waals surface area contributed by atoms with Crippen LogP contribution in [0.4, 0.5) is 0 Å². The maximum absolute atomic E-state index is 12.3. The van der Waals surface area contributed by atoms with Crippen molar-refractivity contribution in [2.45, 2.75) is 6.92 Å². The van der Waals surface area contributed by atoms with Crippen LogP contribution in [-0.4, -0.2) is 36.4 Å². The first-order chi connectivity index (χ1) is 14.4. The predicted molar refractivity (Wildman–Crippen MR) is 115 cm³/mol. The van der Waals surface area contributed by atoms with Gasteiger partial charge in [0, 0.05) is 20.4 Å². The molecule has 1 amide bonds. The van der Waals surface area contributed by atoms with Crippen LogP contribution in [0.25, 0.3) is 11.0 Å². The zero-order chi connectivity index (χ0) is 21.7. The number of benzene rings is 2. The van der Waals surface area contributed by atoms with Gasteiger partial charge in [0.1, 0.15) is 5.58 Å². The van der Waals surface area contributed by atoms with Gasteiger partial charge in [-0.15, -0.1) is 0 Å². The summed E-state index contributed by atoms with van der Waals surface area (Å²) >= 11 is 9.30. The Kier molecular flexibility index (Phi) is 6.96. The molecule has 1 aromatic heterocycles. The zero-order valence-electron chi connectivity index (χ0n) is 15.6. The standard InChI is InChI=1S/C20H16BrClN2O6/c1-2-28-16-7-12(14(21)8-17(16)29-10-19(25)26)9-23-24-20(27)18-6-11-5-13(22)3-4-15(11)30-18/h3-9H,2,10H2,1H3,(H,24,27)(H,25,26)/b23-9+. The van der Waals surface area contributed by atoms with Gasteiger partial charge in [0.25, 0.3) is 0 Å². The molecule has 8 nitrogen and oxygen atoms in total. The Morgan fingerprint density at radius 1 is 1.23 bits per heavy atom. The third-order valence-electron chi connectivity index (χ3n) is 3.79. The number of carbonyl (C=O) groups is 2. The van der Waals surface area contributed by atoms with Gasteiger partial charge in [-0.3, -0.25) is 4.79 Å². The number of aliphatic carboxylic acids is 1. The Morgan fingerprint density at radius 3 is 2.73 bits per heavy atom. The predicted octanol–water partition coefficient (Wildman–Crippen LogP) is 4.47. The monoisotopic (exact) mass is 494 g/mol. The minimum Gasteiger partial charge on any atom is -0.490 e. The van der Waals surface area contributed by atoms with Crippen LogP contribution in [-0.2, 0) is 4.79 Å². The van der Waals surface area contributed by atoms with Gasteiger partial charge in [0.2, 0.25) is 0 Å². The van der Waals surface area contributed by atoms with Gasteiger partial charge in [-0.1, -0.05) is 11.6 Å². The average molecular weight is 496 g/mol. The highest BCUT2D eigenvalue weighted by atomic mass is 79.9. The first-order valence-electron chi connectivity index (χ1n) is 8.70. The summed E-state index contributed by atoms with van der Waals surface area (Å²) in [6.45, 7) is 1.64. The number of nitrogens with zero attached hydrogens (tertiary/aromatic N) is 1. The SMILES string of the molecule is CCOc1cc(/C=N/NC(=O)c2cc3cc(Cl)ccc3o2)c(Br)cc1OCC(=O)O. The van der Waals surface area contributed by atoms with Gasteiger partial charge >= 0.3 is 11.9 Å². The van der Waals surface area contributed by atoms with Gasteiger partial charge in [-0.05, 0) is 59.3 Å². The summed E-state index contributed by atoms with van der Waals surface area (Å²) in [5.74, 6) is -0.913. The Bertz CT molecular complexity index is 1130. The minimum absolute atomic E-state index is 0.0934. The van der Waals surface area contributed by atoms with E-state index in [1.165, 1.54) is 6.21 Å². The number of carboxylic acids is 1. The molecule has 3 aromatic rings. The van der Waals surface area contributed by atoms with E-state index in [4.69, 9.17) is 30.6 Å². The van der Waals surface area contributed by atoms with Gasteiger partial charge in [-0.25, -0.2) is 10.2 Å². The minimum atomic E-state index is -1.10. The third kappa shape index (κ3) is 5.31. The summed E-state index contributed by atoms with van der Waals surface area (Å²) in [6.07, 6.45) is 1.41. The van der Waals surface area contributed by atoms with E-state index in [1.54, 1.807) is 43.3 Å². The molecular formula is C20H16BrClN2O6. The highest BCUT2D eigenvalue weighted by molar-refractivity contribution is 9.10. The summed E-state index contributed by atoms with van der Waals surface area (Å²) < 4.78 is 16.8. The topological polar surface area (TPSA) is 110 Å². The second-order valence-electron chi connectivity index (χ2n) is 5.93. The number of carboxylic acid groups (broad SMARTS) is 1. The number of nitrogens with one attached hydrogen (secondary N) is 1. The summed E-state index contributed by atoms with van der Waals surface area (Å²) in [7, 11) is 0. The van der Waals surface area contributed by atoms with Gasteiger partial charge < -0.3 is 19.0 Å². The number of ether oxygens (including phenoxy) is 2. The van der Waals surface area contributed by atoms with E-state index in [0.29, 0.717) is 38.4 Å². The van der Waals surface area contributed by atoms with E-state index in [-0.39, 0.29) is 11.5 Å². The van der Waals surface area contributed by atoms with Crippen LogP contribution < -0.4 is 14.9 Å². The van der Waals surface area contributed by atoms with Crippen LogP contribution in [0.1, 0.15) is 23.0 Å². The average Bonchev–Trinajstić information content (AvgIpc) is 3.12. The van der Waals surface area contributed by atoms with Crippen molar-refractivity contribution in [3.8, 4) is 11.5 Å². The third-order valence-corrected chi connectivity index (χ3v) is 4.71. The van der Waals surface area contributed by atoms with Crippen LogP contribution in [0.3, 0.4) is 0 Å². The van der Waals surface area contributed by atoms with Crippen molar-refractivity contribution in [1.29, 1.82) is 0 Å². The number of halogens is 2. The van der Waals surface area contributed by atoms with Gasteiger partial charge in [0.05, 0.1) is 12.8 Å². The number of amides is 1. The Hall–Kier alpha value is -3.04. The smallest absolute Gasteiger partial charge is 0.341 e. The van der Waals surface area contributed by atoms with E-state index in [1.807, 2.05) is 0 Å². The fourth-order valence-electron chi connectivity index (χ4n) is 2.51. The van der Waals surface area contributed by atoms with Gasteiger partial charge in [0.15, 0.2) is 23.9 Å².